The van der Waals surface area contributed by atoms with Crippen molar-refractivity contribution in [3.8, 4) is 5.75 Å². The summed E-state index contributed by atoms with van der Waals surface area (Å²) in [5.74, 6) is 0.544. The zero-order chi connectivity index (χ0) is 14.3. The Morgan fingerprint density at radius 3 is 2.74 bits per heavy atom. The Morgan fingerprint density at radius 2 is 2.16 bits per heavy atom. The maximum atomic E-state index is 10.9. The zero-order valence-electron chi connectivity index (χ0n) is 11.7. The second-order valence-electron chi connectivity index (χ2n) is 4.32. The van der Waals surface area contributed by atoms with Crippen molar-refractivity contribution >= 4 is 11.4 Å². The molecule has 0 spiro atoms. The predicted molar refractivity (Wildman–Crippen MR) is 76.1 cm³/mol. The van der Waals surface area contributed by atoms with Crippen molar-refractivity contribution < 1.29 is 9.66 Å². The van der Waals surface area contributed by atoms with Gasteiger partial charge in [-0.2, -0.15) is 0 Å². The molecule has 19 heavy (non-hydrogen) atoms. The second kappa shape index (κ2) is 7.58. The minimum absolute atomic E-state index is 0.0555. The van der Waals surface area contributed by atoms with Gasteiger partial charge in [0.05, 0.1) is 17.6 Å². The summed E-state index contributed by atoms with van der Waals surface area (Å²) >= 11 is 0. The van der Waals surface area contributed by atoms with Crippen LogP contribution < -0.4 is 15.0 Å². The molecule has 0 saturated heterocycles. The van der Waals surface area contributed by atoms with E-state index >= 15 is 0 Å². The predicted octanol–water partition coefficient (Wildman–Crippen LogP) is 2.04. The maximum Gasteiger partial charge on any atom is 0.275 e. The first-order chi connectivity index (χ1) is 9.08. The Kier molecular flexibility index (Phi) is 6.08. The smallest absolute Gasteiger partial charge is 0.275 e. The highest BCUT2D eigenvalue weighted by molar-refractivity contribution is 5.57. The molecule has 0 heterocycles. The summed E-state index contributed by atoms with van der Waals surface area (Å²) in [5.41, 5.74) is 0.843. The van der Waals surface area contributed by atoms with Crippen molar-refractivity contribution in [1.29, 1.82) is 0 Å². The molecule has 0 saturated carbocycles. The monoisotopic (exact) mass is 267 g/mol. The van der Waals surface area contributed by atoms with Crippen LogP contribution in [0.3, 0.4) is 0 Å². The van der Waals surface area contributed by atoms with Gasteiger partial charge in [0, 0.05) is 38.0 Å². The fourth-order valence-electron chi connectivity index (χ4n) is 1.61. The molecule has 6 heteroatoms. The van der Waals surface area contributed by atoms with Crippen molar-refractivity contribution in [2.75, 3.05) is 38.7 Å². The molecule has 0 aliphatic rings. The minimum atomic E-state index is -0.395. The van der Waals surface area contributed by atoms with E-state index in [0.717, 1.165) is 25.2 Å². The van der Waals surface area contributed by atoms with Gasteiger partial charge in [0.1, 0.15) is 5.75 Å². The third-order valence-electron chi connectivity index (χ3n) is 2.70. The fraction of sp³-hybridized carbons (Fsp3) is 0.538. The lowest BCUT2D eigenvalue weighted by Crippen LogP contribution is -2.27. The van der Waals surface area contributed by atoms with Crippen LogP contribution in [0, 0.1) is 10.1 Å². The molecule has 0 radical (unpaired) electrons. The molecular formula is C13H21N3O3. The van der Waals surface area contributed by atoms with Gasteiger partial charge in [0.2, 0.25) is 0 Å². The fourth-order valence-corrected chi connectivity index (χ4v) is 1.61. The number of nitro groups is 1. The van der Waals surface area contributed by atoms with Crippen LogP contribution in [-0.2, 0) is 0 Å². The van der Waals surface area contributed by atoms with Crippen molar-refractivity contribution in [1.82, 2.24) is 5.32 Å². The highest BCUT2D eigenvalue weighted by Crippen LogP contribution is 2.28. The third-order valence-corrected chi connectivity index (χ3v) is 2.70. The first kappa shape index (κ1) is 15.2. The van der Waals surface area contributed by atoms with Crippen LogP contribution in [0.5, 0.6) is 5.75 Å². The average Bonchev–Trinajstić information content (AvgIpc) is 2.42. The number of hydrogen-bond donors (Lipinski definition) is 1. The average molecular weight is 267 g/mol. The molecule has 0 aromatic heterocycles. The van der Waals surface area contributed by atoms with Crippen LogP contribution >= 0.6 is 0 Å². The minimum Gasteiger partial charge on any atom is -0.493 e. The second-order valence-corrected chi connectivity index (χ2v) is 4.32. The third kappa shape index (κ3) is 4.75. The lowest BCUT2D eigenvalue weighted by atomic mass is 10.2. The van der Waals surface area contributed by atoms with Gasteiger partial charge in [0.25, 0.3) is 5.69 Å². The Morgan fingerprint density at radius 1 is 1.42 bits per heavy atom. The van der Waals surface area contributed by atoms with Crippen LogP contribution in [0.15, 0.2) is 18.2 Å². The Hall–Kier alpha value is -1.82. The van der Waals surface area contributed by atoms with E-state index in [2.05, 4.69) is 5.32 Å². The molecule has 0 aliphatic carbocycles. The lowest BCUT2D eigenvalue weighted by molar-refractivity contribution is -0.384. The van der Waals surface area contributed by atoms with E-state index in [0.29, 0.717) is 12.4 Å². The van der Waals surface area contributed by atoms with E-state index in [1.807, 2.05) is 32.0 Å². The van der Waals surface area contributed by atoms with Crippen molar-refractivity contribution in [3.63, 3.8) is 0 Å². The van der Waals surface area contributed by atoms with Gasteiger partial charge < -0.3 is 15.0 Å². The van der Waals surface area contributed by atoms with E-state index < -0.39 is 4.92 Å². The van der Waals surface area contributed by atoms with E-state index in [1.54, 1.807) is 6.07 Å². The van der Waals surface area contributed by atoms with Gasteiger partial charge in [-0.15, -0.1) is 0 Å². The van der Waals surface area contributed by atoms with Gasteiger partial charge in [-0.25, -0.2) is 0 Å². The van der Waals surface area contributed by atoms with Gasteiger partial charge in [0.15, 0.2) is 0 Å². The first-order valence-corrected chi connectivity index (χ1v) is 6.36. The number of nitrogens with zero attached hydrogens (tertiary/aromatic N) is 2. The molecule has 1 rings (SSSR count). The molecule has 0 amide bonds. The standard InChI is InChI=1S/C13H21N3O3/c1-4-7-19-13-9-11(15(3)6-5-14-2)8-12(10-13)16(17)18/h8-10,14H,4-7H2,1-3H3. The van der Waals surface area contributed by atoms with Crippen LogP contribution in [0.1, 0.15) is 13.3 Å². The SMILES string of the molecule is CCCOc1cc(N(C)CCNC)cc([N+](=O)[O-])c1. The van der Waals surface area contributed by atoms with Crippen LogP contribution in [0.25, 0.3) is 0 Å². The van der Waals surface area contributed by atoms with Gasteiger partial charge in [-0.05, 0) is 13.5 Å². The summed E-state index contributed by atoms with van der Waals surface area (Å²) in [6, 6.07) is 4.86. The van der Waals surface area contributed by atoms with Crippen molar-refractivity contribution in [2.45, 2.75) is 13.3 Å². The molecule has 0 atom stereocenters. The molecular weight excluding hydrogens is 246 g/mol. The van der Waals surface area contributed by atoms with Crippen LogP contribution in [0.2, 0.25) is 0 Å². The molecule has 0 aliphatic heterocycles. The van der Waals surface area contributed by atoms with Crippen LogP contribution in [0.4, 0.5) is 11.4 Å². The van der Waals surface area contributed by atoms with Gasteiger partial charge in [-0.1, -0.05) is 6.92 Å². The van der Waals surface area contributed by atoms with E-state index in [4.69, 9.17) is 4.74 Å². The molecule has 1 aromatic rings. The Labute approximate surface area is 113 Å². The molecule has 0 fully saturated rings. The molecule has 106 valence electrons. The Balaban J connectivity index is 2.94. The topological polar surface area (TPSA) is 67.6 Å². The number of anilines is 1. The number of ether oxygens (including phenoxy) is 1. The van der Waals surface area contributed by atoms with Crippen molar-refractivity contribution in [2.24, 2.45) is 0 Å². The summed E-state index contributed by atoms with van der Waals surface area (Å²) in [6.45, 7) is 4.13. The van der Waals surface area contributed by atoms with Gasteiger partial charge >= 0.3 is 0 Å². The molecule has 0 unspecified atom stereocenters. The van der Waals surface area contributed by atoms with Gasteiger partial charge in [-0.3, -0.25) is 10.1 Å². The molecule has 1 aromatic carbocycles. The number of rotatable bonds is 8. The highest BCUT2D eigenvalue weighted by Gasteiger charge is 2.12. The van der Waals surface area contributed by atoms with E-state index in [1.165, 1.54) is 6.07 Å². The summed E-state index contributed by atoms with van der Waals surface area (Å²) < 4.78 is 5.49. The molecule has 0 bridgehead atoms. The number of likely N-dealkylation sites (N-methyl/N-ethyl adjacent to an activating group) is 2. The number of hydrogen-bond acceptors (Lipinski definition) is 5. The van der Waals surface area contributed by atoms with Crippen molar-refractivity contribution in [3.05, 3.63) is 28.3 Å². The van der Waals surface area contributed by atoms with Crippen LogP contribution in [-0.4, -0.2) is 38.7 Å². The molecule has 6 nitrogen and oxygen atoms in total. The Bertz CT molecular complexity index is 424. The summed E-state index contributed by atoms with van der Waals surface area (Å²) in [6.07, 6.45) is 0.869. The normalized spacial score (nSPS) is 10.3. The van der Waals surface area contributed by atoms with E-state index in [9.17, 15) is 10.1 Å². The number of benzene rings is 1. The zero-order valence-corrected chi connectivity index (χ0v) is 11.7. The maximum absolute atomic E-state index is 10.9. The molecule has 1 N–H and O–H groups in total. The summed E-state index contributed by atoms with van der Waals surface area (Å²) in [7, 11) is 3.77. The largest absolute Gasteiger partial charge is 0.493 e. The quantitative estimate of drug-likeness (QED) is 0.576. The number of nitro benzene ring substituents is 1. The summed E-state index contributed by atoms with van der Waals surface area (Å²) in [5, 5.41) is 14.0. The first-order valence-electron chi connectivity index (χ1n) is 6.36. The highest BCUT2D eigenvalue weighted by atomic mass is 16.6. The lowest BCUT2D eigenvalue weighted by Gasteiger charge is -2.19. The number of nitrogens with one attached hydrogen (secondary N) is 1. The number of non-ortho nitro benzene ring substituents is 1. The van der Waals surface area contributed by atoms with E-state index in [-0.39, 0.29) is 5.69 Å². The summed E-state index contributed by atoms with van der Waals surface area (Å²) in [4.78, 5) is 12.5.